The molecule has 6 heteroatoms. The van der Waals surface area contributed by atoms with Crippen LogP contribution in [0.3, 0.4) is 0 Å². The summed E-state index contributed by atoms with van der Waals surface area (Å²) in [6.07, 6.45) is 0. The van der Waals surface area contributed by atoms with Gasteiger partial charge in [0.2, 0.25) is 0 Å². The van der Waals surface area contributed by atoms with Gasteiger partial charge < -0.3 is 15.3 Å². The van der Waals surface area contributed by atoms with E-state index in [4.69, 9.17) is 0 Å². The van der Waals surface area contributed by atoms with Gasteiger partial charge >= 0.3 is 0 Å². The van der Waals surface area contributed by atoms with E-state index in [1.54, 1.807) is 0 Å². The maximum Gasteiger partial charge on any atom is 0.258 e. The zero-order valence-electron chi connectivity index (χ0n) is 11.0. The van der Waals surface area contributed by atoms with Crippen LogP contribution >= 0.6 is 0 Å². The maximum atomic E-state index is 13.4. The van der Waals surface area contributed by atoms with Crippen molar-refractivity contribution in [3.8, 4) is 5.75 Å². The minimum Gasteiger partial charge on any atom is -0.507 e. The van der Waals surface area contributed by atoms with Crippen molar-refractivity contribution < 1.29 is 18.7 Å². The molecule has 2 N–H and O–H groups in total. The summed E-state index contributed by atoms with van der Waals surface area (Å²) in [4.78, 5) is 13.8. The van der Waals surface area contributed by atoms with E-state index in [1.165, 1.54) is 0 Å². The molecule has 0 heterocycles. The van der Waals surface area contributed by atoms with Crippen LogP contribution in [0, 0.1) is 11.6 Å². The van der Waals surface area contributed by atoms with E-state index in [2.05, 4.69) is 10.2 Å². The number of phenolic OH excluding ortho intramolecular Hbond substituents is 1. The molecule has 0 atom stereocenters. The molecule has 0 fully saturated rings. The summed E-state index contributed by atoms with van der Waals surface area (Å²) >= 11 is 0. The lowest BCUT2D eigenvalue weighted by Gasteiger charge is -2.18. The number of carbonyl (C=O) groups excluding carboxylic acids is 1. The smallest absolute Gasteiger partial charge is 0.258 e. The lowest BCUT2D eigenvalue weighted by atomic mass is 10.1. The molecule has 1 aromatic carbocycles. The molecule has 0 aliphatic heterocycles. The summed E-state index contributed by atoms with van der Waals surface area (Å²) in [5.74, 6) is -3.44. The van der Waals surface area contributed by atoms with Gasteiger partial charge in [-0.2, -0.15) is 0 Å². The molecule has 0 saturated heterocycles. The summed E-state index contributed by atoms with van der Waals surface area (Å²) in [7, 11) is 0. The van der Waals surface area contributed by atoms with Crippen LogP contribution in [0.25, 0.3) is 0 Å². The summed E-state index contributed by atoms with van der Waals surface area (Å²) in [5, 5.41) is 11.9. The van der Waals surface area contributed by atoms with E-state index < -0.39 is 28.9 Å². The Balaban J connectivity index is 2.64. The lowest BCUT2D eigenvalue weighted by Crippen LogP contribution is -2.35. The highest BCUT2D eigenvalue weighted by atomic mass is 19.1. The quantitative estimate of drug-likeness (QED) is 0.829. The zero-order chi connectivity index (χ0) is 14.4. The molecule has 106 valence electrons. The highest BCUT2D eigenvalue weighted by Crippen LogP contribution is 2.21. The molecule has 1 amide bonds. The number of nitrogens with one attached hydrogen (secondary N) is 1. The molecule has 0 aliphatic rings. The molecule has 0 unspecified atom stereocenters. The second-order valence-corrected chi connectivity index (χ2v) is 4.06. The van der Waals surface area contributed by atoms with Gasteiger partial charge in [-0.05, 0) is 13.1 Å². The molecule has 0 aliphatic carbocycles. The predicted octanol–water partition coefficient (Wildman–Crippen LogP) is 1.74. The number of benzene rings is 1. The first-order valence-electron chi connectivity index (χ1n) is 6.18. The Morgan fingerprint density at radius 1 is 1.32 bits per heavy atom. The van der Waals surface area contributed by atoms with Crippen molar-refractivity contribution in [1.82, 2.24) is 10.2 Å². The summed E-state index contributed by atoms with van der Waals surface area (Å²) < 4.78 is 26.2. The number of carbonyl (C=O) groups is 1. The van der Waals surface area contributed by atoms with E-state index in [0.29, 0.717) is 25.2 Å². The van der Waals surface area contributed by atoms with Crippen molar-refractivity contribution in [2.24, 2.45) is 0 Å². The number of hydrogen-bond donors (Lipinski definition) is 2. The molecule has 0 radical (unpaired) electrons. The van der Waals surface area contributed by atoms with Gasteiger partial charge in [0.25, 0.3) is 5.91 Å². The highest BCUT2D eigenvalue weighted by Gasteiger charge is 2.18. The number of likely N-dealkylation sites (N-methyl/N-ethyl adjacent to an activating group) is 1. The van der Waals surface area contributed by atoms with Crippen LogP contribution in [0.15, 0.2) is 12.1 Å². The van der Waals surface area contributed by atoms with Crippen molar-refractivity contribution in [2.75, 3.05) is 26.2 Å². The highest BCUT2D eigenvalue weighted by molar-refractivity contribution is 5.97. The monoisotopic (exact) mass is 272 g/mol. The fourth-order valence-corrected chi connectivity index (χ4v) is 1.74. The average molecular weight is 272 g/mol. The Kier molecular flexibility index (Phi) is 5.69. The van der Waals surface area contributed by atoms with E-state index in [-0.39, 0.29) is 0 Å². The van der Waals surface area contributed by atoms with Crippen LogP contribution in [-0.2, 0) is 0 Å². The Morgan fingerprint density at radius 2 is 1.95 bits per heavy atom. The number of hydrogen-bond acceptors (Lipinski definition) is 3. The SMILES string of the molecule is CCN(CC)CCNC(=O)c1c(O)cc(F)cc1F. The summed E-state index contributed by atoms with van der Waals surface area (Å²) in [6.45, 7) is 6.65. The third kappa shape index (κ3) is 4.17. The van der Waals surface area contributed by atoms with Crippen LogP contribution < -0.4 is 5.32 Å². The molecule has 0 spiro atoms. The molecular weight excluding hydrogens is 254 g/mol. The van der Waals surface area contributed by atoms with E-state index in [0.717, 1.165) is 13.1 Å². The Morgan fingerprint density at radius 3 is 2.47 bits per heavy atom. The van der Waals surface area contributed by atoms with Crippen LogP contribution in [0.5, 0.6) is 5.75 Å². The molecule has 1 aromatic rings. The molecule has 19 heavy (non-hydrogen) atoms. The fourth-order valence-electron chi connectivity index (χ4n) is 1.74. The van der Waals surface area contributed by atoms with Gasteiger partial charge in [0, 0.05) is 25.2 Å². The number of rotatable bonds is 6. The number of phenols is 1. The molecule has 1 rings (SSSR count). The van der Waals surface area contributed by atoms with E-state index in [9.17, 15) is 18.7 Å². The van der Waals surface area contributed by atoms with Gasteiger partial charge in [-0.3, -0.25) is 4.79 Å². The standard InChI is InChI=1S/C13H18F2N2O2/c1-3-17(4-2)6-5-16-13(19)12-10(15)7-9(14)8-11(12)18/h7-8,18H,3-6H2,1-2H3,(H,16,19). The number of amides is 1. The first-order chi connectivity index (χ1) is 8.99. The van der Waals surface area contributed by atoms with Gasteiger partial charge in [-0.15, -0.1) is 0 Å². The summed E-state index contributed by atoms with van der Waals surface area (Å²) in [5.41, 5.74) is -0.527. The lowest BCUT2D eigenvalue weighted by molar-refractivity contribution is 0.0942. The third-order valence-electron chi connectivity index (χ3n) is 2.87. The Bertz CT molecular complexity index is 425. The third-order valence-corrected chi connectivity index (χ3v) is 2.87. The largest absolute Gasteiger partial charge is 0.507 e. The minimum atomic E-state index is -1.07. The molecule has 0 aromatic heterocycles. The second-order valence-electron chi connectivity index (χ2n) is 4.06. The first-order valence-corrected chi connectivity index (χ1v) is 6.18. The van der Waals surface area contributed by atoms with E-state index in [1.807, 2.05) is 13.8 Å². The number of aromatic hydroxyl groups is 1. The van der Waals surface area contributed by atoms with Crippen LogP contribution in [0.2, 0.25) is 0 Å². The number of nitrogens with zero attached hydrogens (tertiary/aromatic N) is 1. The van der Waals surface area contributed by atoms with Crippen molar-refractivity contribution >= 4 is 5.91 Å². The molecule has 0 saturated carbocycles. The Hall–Kier alpha value is -1.69. The van der Waals surface area contributed by atoms with Crippen molar-refractivity contribution in [3.05, 3.63) is 29.3 Å². The minimum absolute atomic E-state index is 0.330. The average Bonchev–Trinajstić information content (AvgIpc) is 2.33. The second kappa shape index (κ2) is 7.04. The van der Waals surface area contributed by atoms with Gasteiger partial charge in [-0.1, -0.05) is 13.8 Å². The van der Waals surface area contributed by atoms with Crippen molar-refractivity contribution in [1.29, 1.82) is 0 Å². The van der Waals surface area contributed by atoms with Gasteiger partial charge in [0.1, 0.15) is 22.9 Å². The normalized spacial score (nSPS) is 10.8. The number of halogens is 2. The summed E-state index contributed by atoms with van der Waals surface area (Å²) in [6, 6.07) is 1.28. The van der Waals surface area contributed by atoms with Crippen LogP contribution in [0.4, 0.5) is 8.78 Å². The van der Waals surface area contributed by atoms with E-state index >= 15 is 0 Å². The molecule has 4 nitrogen and oxygen atoms in total. The van der Waals surface area contributed by atoms with Crippen LogP contribution in [0.1, 0.15) is 24.2 Å². The first kappa shape index (κ1) is 15.4. The Labute approximate surface area is 111 Å². The fraction of sp³-hybridized carbons (Fsp3) is 0.462. The molecule has 0 bridgehead atoms. The topological polar surface area (TPSA) is 52.6 Å². The van der Waals surface area contributed by atoms with Crippen LogP contribution in [-0.4, -0.2) is 42.1 Å². The zero-order valence-corrected chi connectivity index (χ0v) is 11.0. The maximum absolute atomic E-state index is 13.4. The van der Waals surface area contributed by atoms with Gasteiger partial charge in [0.15, 0.2) is 0 Å². The van der Waals surface area contributed by atoms with Gasteiger partial charge in [-0.25, -0.2) is 8.78 Å². The van der Waals surface area contributed by atoms with Gasteiger partial charge in [0.05, 0.1) is 0 Å². The van der Waals surface area contributed by atoms with Crippen molar-refractivity contribution in [3.63, 3.8) is 0 Å². The van der Waals surface area contributed by atoms with Crippen molar-refractivity contribution in [2.45, 2.75) is 13.8 Å². The predicted molar refractivity (Wildman–Crippen MR) is 68.1 cm³/mol. The molecular formula is C13H18F2N2O2.